The highest BCUT2D eigenvalue weighted by atomic mass is 16.5. The molecular formula is C25H31NO2. The lowest BCUT2D eigenvalue weighted by molar-refractivity contribution is 0.0390. The van der Waals surface area contributed by atoms with Gasteiger partial charge in [-0.1, -0.05) is 56.0 Å². The van der Waals surface area contributed by atoms with Gasteiger partial charge in [-0.3, -0.25) is 4.90 Å². The van der Waals surface area contributed by atoms with E-state index in [9.17, 15) is 0 Å². The van der Waals surface area contributed by atoms with Crippen LogP contribution in [0.4, 0.5) is 0 Å². The van der Waals surface area contributed by atoms with E-state index < -0.39 is 0 Å². The summed E-state index contributed by atoms with van der Waals surface area (Å²) in [6, 6.07) is 18.6. The highest BCUT2D eigenvalue weighted by molar-refractivity contribution is 5.38. The van der Waals surface area contributed by atoms with Gasteiger partial charge in [-0.15, -0.1) is 0 Å². The van der Waals surface area contributed by atoms with Crippen LogP contribution in [0, 0.1) is 17.8 Å². The minimum absolute atomic E-state index is 0.0756. The molecule has 1 atom stereocenters. The highest BCUT2D eigenvalue weighted by Crippen LogP contribution is 2.27. The van der Waals surface area contributed by atoms with Crippen molar-refractivity contribution in [2.24, 2.45) is 5.92 Å². The van der Waals surface area contributed by atoms with Gasteiger partial charge >= 0.3 is 0 Å². The molecular weight excluding hydrogens is 346 g/mol. The Morgan fingerprint density at radius 3 is 2.39 bits per heavy atom. The predicted molar refractivity (Wildman–Crippen MR) is 114 cm³/mol. The average Bonchev–Trinajstić information content (AvgIpc) is 2.73. The van der Waals surface area contributed by atoms with Gasteiger partial charge in [-0.2, -0.15) is 0 Å². The molecule has 1 fully saturated rings. The van der Waals surface area contributed by atoms with Gasteiger partial charge in [-0.05, 0) is 42.2 Å². The third kappa shape index (κ3) is 6.71. The van der Waals surface area contributed by atoms with Crippen LogP contribution in [0.2, 0.25) is 0 Å². The zero-order valence-electron chi connectivity index (χ0n) is 17.1. The van der Waals surface area contributed by atoms with Crippen LogP contribution in [0.1, 0.15) is 43.9 Å². The van der Waals surface area contributed by atoms with Gasteiger partial charge in [0.2, 0.25) is 0 Å². The first-order chi connectivity index (χ1) is 13.7. The maximum Gasteiger partial charge on any atom is 0.124 e. The second-order valence-electron chi connectivity index (χ2n) is 7.68. The van der Waals surface area contributed by atoms with Crippen molar-refractivity contribution in [2.45, 2.75) is 32.8 Å². The fraction of sp³-hybridized carbons (Fsp3) is 0.440. The van der Waals surface area contributed by atoms with Gasteiger partial charge in [0, 0.05) is 31.6 Å². The summed E-state index contributed by atoms with van der Waals surface area (Å²) in [6.07, 6.45) is 1.96. The standard InChI is InChI=1S/C25H31NO2/c1-21(2)20-25(23-9-4-3-5-10-23)28-24-13-11-22(12-14-24)8-6-7-15-26-16-18-27-19-17-26/h3-5,9-14,21,25H,7,15-20H2,1-2H3. The maximum absolute atomic E-state index is 6.30. The fourth-order valence-corrected chi connectivity index (χ4v) is 3.33. The van der Waals surface area contributed by atoms with E-state index in [0.717, 1.165) is 57.0 Å². The number of rotatable bonds is 7. The molecule has 0 radical (unpaired) electrons. The number of nitrogens with zero attached hydrogens (tertiary/aromatic N) is 1. The summed E-state index contributed by atoms with van der Waals surface area (Å²) in [6.45, 7) is 9.21. The predicted octanol–water partition coefficient (Wildman–Crippen LogP) is 4.93. The molecule has 1 saturated heterocycles. The van der Waals surface area contributed by atoms with Crippen molar-refractivity contribution < 1.29 is 9.47 Å². The lowest BCUT2D eigenvalue weighted by atomic mass is 9.99. The van der Waals surface area contributed by atoms with Crippen molar-refractivity contribution in [3.8, 4) is 17.6 Å². The molecule has 28 heavy (non-hydrogen) atoms. The molecule has 0 N–H and O–H groups in total. The lowest BCUT2D eigenvalue weighted by Gasteiger charge is -2.25. The molecule has 0 aromatic heterocycles. The van der Waals surface area contributed by atoms with Gasteiger partial charge in [0.25, 0.3) is 0 Å². The molecule has 1 unspecified atom stereocenters. The van der Waals surface area contributed by atoms with E-state index in [0.29, 0.717) is 5.92 Å². The number of ether oxygens (including phenoxy) is 2. The van der Waals surface area contributed by atoms with E-state index in [4.69, 9.17) is 9.47 Å². The van der Waals surface area contributed by atoms with Crippen molar-refractivity contribution in [1.29, 1.82) is 0 Å². The Hall–Kier alpha value is -2.28. The molecule has 0 bridgehead atoms. The molecule has 0 spiro atoms. The normalized spacial score (nSPS) is 15.7. The smallest absolute Gasteiger partial charge is 0.124 e. The maximum atomic E-state index is 6.30. The zero-order chi connectivity index (χ0) is 19.6. The van der Waals surface area contributed by atoms with E-state index in [1.807, 2.05) is 18.2 Å². The highest BCUT2D eigenvalue weighted by Gasteiger charge is 2.15. The third-order valence-corrected chi connectivity index (χ3v) is 4.88. The van der Waals surface area contributed by atoms with Crippen molar-refractivity contribution in [3.05, 3.63) is 65.7 Å². The number of hydrogen-bond donors (Lipinski definition) is 0. The Morgan fingerprint density at radius 1 is 1.00 bits per heavy atom. The van der Waals surface area contributed by atoms with Crippen molar-refractivity contribution in [3.63, 3.8) is 0 Å². The van der Waals surface area contributed by atoms with Crippen LogP contribution < -0.4 is 4.74 Å². The van der Waals surface area contributed by atoms with Gasteiger partial charge < -0.3 is 9.47 Å². The Bertz CT molecular complexity index is 753. The zero-order valence-corrected chi connectivity index (χ0v) is 17.1. The van der Waals surface area contributed by atoms with E-state index >= 15 is 0 Å². The molecule has 1 aliphatic rings. The minimum Gasteiger partial charge on any atom is -0.486 e. The summed E-state index contributed by atoms with van der Waals surface area (Å²) in [5.41, 5.74) is 2.26. The second kappa shape index (κ2) is 10.9. The molecule has 2 aromatic carbocycles. The number of morpholine rings is 1. The van der Waals surface area contributed by atoms with E-state index in [2.05, 4.69) is 67.0 Å². The van der Waals surface area contributed by atoms with Crippen LogP contribution in [0.25, 0.3) is 0 Å². The van der Waals surface area contributed by atoms with E-state index in [1.54, 1.807) is 0 Å². The van der Waals surface area contributed by atoms with Crippen LogP contribution >= 0.6 is 0 Å². The Kier molecular flexibility index (Phi) is 7.96. The van der Waals surface area contributed by atoms with Crippen LogP contribution in [0.3, 0.4) is 0 Å². The monoisotopic (exact) mass is 377 g/mol. The summed E-state index contributed by atoms with van der Waals surface area (Å²) in [7, 11) is 0. The van der Waals surface area contributed by atoms with Gasteiger partial charge in [0.05, 0.1) is 13.2 Å². The molecule has 2 aromatic rings. The van der Waals surface area contributed by atoms with Crippen LogP contribution in [-0.2, 0) is 4.74 Å². The summed E-state index contributed by atoms with van der Waals surface area (Å²) in [5, 5.41) is 0. The summed E-state index contributed by atoms with van der Waals surface area (Å²) >= 11 is 0. The minimum atomic E-state index is 0.0756. The molecule has 0 amide bonds. The SMILES string of the molecule is CC(C)CC(Oc1ccc(C#CCCN2CCOCC2)cc1)c1ccccc1. The van der Waals surface area contributed by atoms with Crippen LogP contribution in [0.5, 0.6) is 5.75 Å². The summed E-state index contributed by atoms with van der Waals surface area (Å²) < 4.78 is 11.7. The topological polar surface area (TPSA) is 21.7 Å². The fourth-order valence-electron chi connectivity index (χ4n) is 3.33. The van der Waals surface area contributed by atoms with Crippen molar-refractivity contribution in [2.75, 3.05) is 32.8 Å². The van der Waals surface area contributed by atoms with Crippen LogP contribution in [-0.4, -0.2) is 37.7 Å². The first-order valence-electron chi connectivity index (χ1n) is 10.3. The quantitative estimate of drug-likeness (QED) is 0.639. The molecule has 1 aliphatic heterocycles. The third-order valence-electron chi connectivity index (χ3n) is 4.88. The van der Waals surface area contributed by atoms with Crippen molar-refractivity contribution in [1.82, 2.24) is 4.90 Å². The van der Waals surface area contributed by atoms with Gasteiger partial charge in [0.1, 0.15) is 11.9 Å². The van der Waals surface area contributed by atoms with Crippen molar-refractivity contribution >= 4 is 0 Å². The summed E-state index contributed by atoms with van der Waals surface area (Å²) in [4.78, 5) is 2.41. The Morgan fingerprint density at radius 2 is 1.71 bits per heavy atom. The van der Waals surface area contributed by atoms with E-state index in [1.165, 1.54) is 5.56 Å². The molecule has 3 rings (SSSR count). The molecule has 3 heteroatoms. The lowest BCUT2D eigenvalue weighted by Crippen LogP contribution is -2.36. The summed E-state index contributed by atoms with van der Waals surface area (Å²) in [5.74, 6) is 8.02. The largest absolute Gasteiger partial charge is 0.486 e. The number of hydrogen-bond acceptors (Lipinski definition) is 3. The molecule has 1 heterocycles. The molecule has 3 nitrogen and oxygen atoms in total. The van der Waals surface area contributed by atoms with Gasteiger partial charge in [-0.25, -0.2) is 0 Å². The van der Waals surface area contributed by atoms with Gasteiger partial charge in [0.15, 0.2) is 0 Å². The molecule has 148 valence electrons. The number of benzene rings is 2. The molecule has 0 aliphatic carbocycles. The first-order valence-corrected chi connectivity index (χ1v) is 10.3. The first kappa shape index (κ1) is 20.5. The van der Waals surface area contributed by atoms with Crippen LogP contribution in [0.15, 0.2) is 54.6 Å². The Balaban J connectivity index is 1.55. The average molecular weight is 378 g/mol. The van der Waals surface area contributed by atoms with E-state index in [-0.39, 0.29) is 6.10 Å². The molecule has 0 saturated carbocycles. The second-order valence-corrected chi connectivity index (χ2v) is 7.68. The Labute approximate surface area is 169 Å².